The molecule has 0 saturated carbocycles. The van der Waals surface area contributed by atoms with Crippen LogP contribution in [0.3, 0.4) is 0 Å². The number of amides is 1. The Hall–Kier alpha value is -2.49. The standard InChI is InChI=1S/C17H19F2N5O2S/c1-9(20-16(25)26-17(2,3)4)14-21-22-15-24(14)23-13(8-27-15)11-6-5-10(18)7-12(11)19/h5-7,9H,8H2,1-4H3,(H,20,25). The van der Waals surface area contributed by atoms with Crippen LogP contribution in [-0.4, -0.2) is 38.0 Å². The van der Waals surface area contributed by atoms with Gasteiger partial charge in [0.15, 0.2) is 5.82 Å². The molecular weight excluding hydrogens is 376 g/mol. The molecule has 1 aromatic heterocycles. The van der Waals surface area contributed by atoms with Crippen molar-refractivity contribution in [2.75, 3.05) is 5.75 Å². The second-order valence-corrected chi connectivity index (χ2v) is 7.92. The summed E-state index contributed by atoms with van der Waals surface area (Å²) >= 11 is 1.33. The van der Waals surface area contributed by atoms with Crippen LogP contribution in [0.25, 0.3) is 0 Å². The summed E-state index contributed by atoms with van der Waals surface area (Å²) in [5.74, 6) is -0.592. The Morgan fingerprint density at radius 2 is 2.07 bits per heavy atom. The molecule has 3 rings (SSSR count). The van der Waals surface area contributed by atoms with Crippen LogP contribution in [0.2, 0.25) is 0 Å². The zero-order valence-electron chi connectivity index (χ0n) is 15.3. The minimum absolute atomic E-state index is 0.210. The smallest absolute Gasteiger partial charge is 0.408 e. The van der Waals surface area contributed by atoms with E-state index < -0.39 is 29.4 Å². The van der Waals surface area contributed by atoms with Crippen LogP contribution < -0.4 is 5.32 Å². The van der Waals surface area contributed by atoms with Gasteiger partial charge in [-0.3, -0.25) is 0 Å². The molecule has 0 saturated heterocycles. The van der Waals surface area contributed by atoms with Gasteiger partial charge in [-0.1, -0.05) is 11.8 Å². The van der Waals surface area contributed by atoms with E-state index in [0.717, 1.165) is 6.07 Å². The van der Waals surface area contributed by atoms with Crippen molar-refractivity contribution in [3.05, 3.63) is 41.2 Å². The summed E-state index contributed by atoms with van der Waals surface area (Å²) in [7, 11) is 0. The van der Waals surface area contributed by atoms with Crippen molar-refractivity contribution >= 4 is 23.6 Å². The molecule has 0 aliphatic carbocycles. The van der Waals surface area contributed by atoms with Gasteiger partial charge >= 0.3 is 6.09 Å². The molecule has 1 atom stereocenters. The van der Waals surface area contributed by atoms with E-state index in [0.29, 0.717) is 22.4 Å². The topological polar surface area (TPSA) is 81.4 Å². The number of carbonyl (C=O) groups excluding carboxylic acids is 1. The number of rotatable bonds is 3. The molecule has 0 bridgehead atoms. The summed E-state index contributed by atoms with van der Waals surface area (Å²) < 4.78 is 33.9. The number of nitrogens with one attached hydrogen (secondary N) is 1. The fraction of sp³-hybridized carbons (Fsp3) is 0.412. The van der Waals surface area contributed by atoms with Gasteiger partial charge in [-0.15, -0.1) is 10.2 Å². The van der Waals surface area contributed by atoms with Gasteiger partial charge in [0.05, 0.1) is 11.8 Å². The van der Waals surface area contributed by atoms with Crippen LogP contribution in [0.1, 0.15) is 45.1 Å². The van der Waals surface area contributed by atoms with E-state index in [9.17, 15) is 13.6 Å². The van der Waals surface area contributed by atoms with Gasteiger partial charge in [-0.25, -0.2) is 13.6 Å². The predicted octanol–water partition coefficient (Wildman–Crippen LogP) is 3.50. The minimum atomic E-state index is -0.688. The first-order chi connectivity index (χ1) is 12.6. The molecule has 10 heteroatoms. The summed E-state index contributed by atoms with van der Waals surface area (Å²) in [4.78, 5) is 12.0. The van der Waals surface area contributed by atoms with Gasteiger partial charge in [0, 0.05) is 17.4 Å². The largest absolute Gasteiger partial charge is 0.444 e. The van der Waals surface area contributed by atoms with Gasteiger partial charge in [0.1, 0.15) is 17.2 Å². The Morgan fingerprint density at radius 3 is 2.74 bits per heavy atom. The Labute approximate surface area is 159 Å². The summed E-state index contributed by atoms with van der Waals surface area (Å²) in [6.07, 6.45) is -0.593. The molecule has 0 radical (unpaired) electrons. The Balaban J connectivity index is 1.86. The third kappa shape index (κ3) is 4.44. The first-order valence-corrected chi connectivity index (χ1v) is 9.23. The first kappa shape index (κ1) is 19.3. The monoisotopic (exact) mass is 395 g/mol. The molecule has 144 valence electrons. The van der Waals surface area contributed by atoms with Crippen molar-refractivity contribution in [3.8, 4) is 0 Å². The number of thioether (sulfide) groups is 1. The quantitative estimate of drug-likeness (QED) is 0.860. The fourth-order valence-electron chi connectivity index (χ4n) is 2.42. The highest BCUT2D eigenvalue weighted by molar-refractivity contribution is 7.99. The molecule has 1 aromatic carbocycles. The molecule has 1 aliphatic heterocycles. The molecular formula is C17H19F2N5O2S. The lowest BCUT2D eigenvalue weighted by atomic mass is 10.1. The lowest BCUT2D eigenvalue weighted by molar-refractivity contribution is 0.0505. The molecule has 2 heterocycles. The van der Waals surface area contributed by atoms with Gasteiger partial charge in [0.2, 0.25) is 5.16 Å². The second-order valence-electron chi connectivity index (χ2n) is 6.98. The van der Waals surface area contributed by atoms with Crippen LogP contribution in [0.15, 0.2) is 28.5 Å². The van der Waals surface area contributed by atoms with Gasteiger partial charge in [0.25, 0.3) is 0 Å². The highest BCUT2D eigenvalue weighted by Crippen LogP contribution is 2.27. The number of hydrogen-bond acceptors (Lipinski definition) is 6. The van der Waals surface area contributed by atoms with E-state index in [-0.39, 0.29) is 5.56 Å². The van der Waals surface area contributed by atoms with Crippen molar-refractivity contribution in [1.29, 1.82) is 0 Å². The van der Waals surface area contributed by atoms with Crippen LogP contribution in [0, 0.1) is 11.6 Å². The zero-order valence-corrected chi connectivity index (χ0v) is 16.1. The van der Waals surface area contributed by atoms with E-state index in [1.807, 2.05) is 0 Å². The number of alkyl carbamates (subject to hydrolysis) is 1. The Kier molecular flexibility index (Phi) is 5.18. The van der Waals surface area contributed by atoms with Crippen LogP contribution in [0.5, 0.6) is 0 Å². The summed E-state index contributed by atoms with van der Waals surface area (Å²) in [5, 5.41) is 15.7. The lowest BCUT2D eigenvalue weighted by Gasteiger charge is -2.22. The highest BCUT2D eigenvalue weighted by Gasteiger charge is 2.26. The lowest BCUT2D eigenvalue weighted by Crippen LogP contribution is -2.35. The van der Waals surface area contributed by atoms with Crippen molar-refractivity contribution in [3.63, 3.8) is 0 Å². The fourth-order valence-corrected chi connectivity index (χ4v) is 3.25. The van der Waals surface area contributed by atoms with Crippen molar-refractivity contribution in [2.24, 2.45) is 5.10 Å². The predicted molar refractivity (Wildman–Crippen MR) is 96.8 cm³/mol. The maximum Gasteiger partial charge on any atom is 0.408 e. The normalized spacial score (nSPS) is 15.0. The number of fused-ring (bicyclic) bond motifs is 1. The Bertz CT molecular complexity index is 907. The van der Waals surface area contributed by atoms with Crippen LogP contribution >= 0.6 is 11.8 Å². The Morgan fingerprint density at radius 1 is 1.33 bits per heavy atom. The summed E-state index contributed by atoms with van der Waals surface area (Å²) in [5.41, 5.74) is 0.00694. The van der Waals surface area contributed by atoms with E-state index >= 15 is 0 Å². The average Bonchev–Trinajstić information content (AvgIpc) is 2.96. The van der Waals surface area contributed by atoms with E-state index in [4.69, 9.17) is 4.74 Å². The molecule has 7 nitrogen and oxygen atoms in total. The highest BCUT2D eigenvalue weighted by atomic mass is 32.2. The SMILES string of the molecule is CC(NC(=O)OC(C)(C)C)c1nnc2n1N=C(c1ccc(F)cc1F)CS2. The van der Waals surface area contributed by atoms with Crippen molar-refractivity contribution in [2.45, 2.75) is 44.5 Å². The minimum Gasteiger partial charge on any atom is -0.444 e. The first-order valence-electron chi connectivity index (χ1n) is 8.25. The van der Waals surface area contributed by atoms with Gasteiger partial charge in [-0.05, 0) is 39.8 Å². The number of benzene rings is 1. The van der Waals surface area contributed by atoms with E-state index in [2.05, 4.69) is 20.6 Å². The number of nitrogens with zero attached hydrogens (tertiary/aromatic N) is 4. The van der Waals surface area contributed by atoms with E-state index in [1.165, 1.54) is 28.6 Å². The van der Waals surface area contributed by atoms with Gasteiger partial charge in [-0.2, -0.15) is 9.78 Å². The summed E-state index contributed by atoms with van der Waals surface area (Å²) in [6, 6.07) is 2.81. The number of ether oxygens (including phenoxy) is 1. The molecule has 2 aromatic rings. The van der Waals surface area contributed by atoms with Crippen LogP contribution in [0.4, 0.5) is 13.6 Å². The molecule has 1 unspecified atom stereocenters. The average molecular weight is 395 g/mol. The number of aromatic nitrogens is 3. The summed E-state index contributed by atoms with van der Waals surface area (Å²) in [6.45, 7) is 7.01. The molecule has 27 heavy (non-hydrogen) atoms. The number of carbonyl (C=O) groups is 1. The number of halogens is 2. The van der Waals surface area contributed by atoms with Crippen LogP contribution in [-0.2, 0) is 4.74 Å². The third-order valence-corrected chi connectivity index (χ3v) is 4.49. The second kappa shape index (κ2) is 7.26. The van der Waals surface area contributed by atoms with Gasteiger partial charge < -0.3 is 10.1 Å². The zero-order chi connectivity index (χ0) is 19.8. The number of hydrogen-bond donors (Lipinski definition) is 1. The third-order valence-electron chi connectivity index (χ3n) is 3.56. The molecule has 0 spiro atoms. The van der Waals surface area contributed by atoms with E-state index in [1.54, 1.807) is 27.7 Å². The van der Waals surface area contributed by atoms with Crippen molar-refractivity contribution in [1.82, 2.24) is 20.2 Å². The maximum atomic E-state index is 14.1. The maximum absolute atomic E-state index is 14.1. The molecule has 0 fully saturated rings. The van der Waals surface area contributed by atoms with Crippen molar-refractivity contribution < 1.29 is 18.3 Å². The molecule has 1 aliphatic rings. The molecule has 1 amide bonds. The molecule has 1 N–H and O–H groups in total.